The molecule has 0 spiro atoms. The Bertz CT molecular complexity index is 640. The predicted octanol–water partition coefficient (Wildman–Crippen LogP) is 2.91. The van der Waals surface area contributed by atoms with E-state index in [1.807, 2.05) is 19.2 Å². The number of pyridine rings is 1. The van der Waals surface area contributed by atoms with Gasteiger partial charge >= 0.3 is 0 Å². The summed E-state index contributed by atoms with van der Waals surface area (Å²) in [4.78, 5) is 4.56. The first-order chi connectivity index (χ1) is 11.8. The van der Waals surface area contributed by atoms with Crippen LogP contribution < -0.4 is 5.32 Å². The minimum atomic E-state index is 0.158. The van der Waals surface area contributed by atoms with E-state index in [0.29, 0.717) is 5.92 Å². The Kier molecular flexibility index (Phi) is 5.99. The van der Waals surface area contributed by atoms with Crippen LogP contribution in [0.5, 0.6) is 0 Å². The molecule has 2 aromatic rings. The van der Waals surface area contributed by atoms with Crippen LogP contribution in [0.1, 0.15) is 43.0 Å². The maximum atomic E-state index is 6.10. The van der Waals surface area contributed by atoms with Crippen molar-refractivity contribution in [2.45, 2.75) is 45.8 Å². The van der Waals surface area contributed by atoms with Crippen LogP contribution in [0.3, 0.4) is 0 Å². The normalized spacial score (nSPS) is 21.1. The van der Waals surface area contributed by atoms with Crippen LogP contribution in [-0.4, -0.2) is 34.5 Å². The zero-order valence-corrected chi connectivity index (χ0v) is 14.7. The summed E-state index contributed by atoms with van der Waals surface area (Å²) in [6, 6.07) is 8.32. The molecule has 3 rings (SSSR count). The lowest BCUT2D eigenvalue weighted by Gasteiger charge is -2.32. The van der Waals surface area contributed by atoms with Crippen molar-refractivity contribution >= 4 is 0 Å². The van der Waals surface area contributed by atoms with Gasteiger partial charge < -0.3 is 10.1 Å². The molecule has 0 radical (unpaired) electrons. The first-order valence-corrected chi connectivity index (χ1v) is 9.04. The Hall–Kier alpha value is -1.72. The number of ether oxygens (including phenoxy) is 1. The van der Waals surface area contributed by atoms with Crippen LogP contribution >= 0.6 is 0 Å². The molecule has 0 unspecified atom stereocenters. The monoisotopic (exact) mass is 328 g/mol. The van der Waals surface area contributed by atoms with Crippen LogP contribution in [0.2, 0.25) is 0 Å². The maximum absolute atomic E-state index is 6.10. The Morgan fingerprint density at radius 2 is 2.25 bits per heavy atom. The number of nitrogens with zero attached hydrogens (tertiary/aromatic N) is 3. The van der Waals surface area contributed by atoms with E-state index in [0.717, 1.165) is 50.5 Å². The molecule has 24 heavy (non-hydrogen) atoms. The first kappa shape index (κ1) is 17.1. The summed E-state index contributed by atoms with van der Waals surface area (Å²) in [6.45, 7) is 7.84. The lowest BCUT2D eigenvalue weighted by Crippen LogP contribution is -2.34. The molecule has 130 valence electrons. The highest BCUT2D eigenvalue weighted by atomic mass is 16.5. The molecule has 2 atom stereocenters. The average Bonchev–Trinajstić information content (AvgIpc) is 3.08. The molecule has 1 aliphatic heterocycles. The van der Waals surface area contributed by atoms with Gasteiger partial charge in [-0.3, -0.25) is 9.67 Å². The van der Waals surface area contributed by atoms with Gasteiger partial charge in [-0.05, 0) is 44.9 Å². The summed E-state index contributed by atoms with van der Waals surface area (Å²) in [5.41, 5.74) is 3.45. The van der Waals surface area contributed by atoms with Gasteiger partial charge in [0.25, 0.3) is 0 Å². The van der Waals surface area contributed by atoms with Crippen molar-refractivity contribution in [1.29, 1.82) is 0 Å². The van der Waals surface area contributed by atoms with Crippen molar-refractivity contribution in [3.8, 4) is 0 Å². The molecule has 5 nitrogen and oxygen atoms in total. The van der Waals surface area contributed by atoms with Crippen molar-refractivity contribution in [2.24, 2.45) is 5.92 Å². The second kappa shape index (κ2) is 8.40. The van der Waals surface area contributed by atoms with Crippen molar-refractivity contribution in [3.05, 3.63) is 47.5 Å². The number of aryl methyl sites for hydroxylation is 2. The van der Waals surface area contributed by atoms with E-state index in [1.54, 1.807) is 0 Å². The zero-order chi connectivity index (χ0) is 16.8. The quantitative estimate of drug-likeness (QED) is 0.794. The van der Waals surface area contributed by atoms with E-state index in [1.165, 1.54) is 12.1 Å². The smallest absolute Gasteiger partial charge is 0.103 e. The molecular weight excluding hydrogens is 300 g/mol. The molecule has 1 saturated heterocycles. The van der Waals surface area contributed by atoms with Gasteiger partial charge in [0.05, 0.1) is 5.69 Å². The molecule has 0 aromatic carbocycles. The van der Waals surface area contributed by atoms with Crippen molar-refractivity contribution in [2.75, 3.05) is 19.7 Å². The van der Waals surface area contributed by atoms with Gasteiger partial charge in [-0.25, -0.2) is 0 Å². The number of rotatable bonds is 7. The molecule has 5 heteroatoms. The summed E-state index contributed by atoms with van der Waals surface area (Å²) in [5.74, 6) is 0.506. The fraction of sp³-hybridized carbons (Fsp3) is 0.579. The molecular formula is C19H28N4O. The van der Waals surface area contributed by atoms with E-state index in [4.69, 9.17) is 4.74 Å². The van der Waals surface area contributed by atoms with E-state index >= 15 is 0 Å². The van der Waals surface area contributed by atoms with E-state index < -0.39 is 0 Å². The van der Waals surface area contributed by atoms with Gasteiger partial charge in [-0.2, -0.15) is 5.10 Å². The Labute approximate surface area is 144 Å². The Morgan fingerprint density at radius 1 is 1.33 bits per heavy atom. The third-order valence-corrected chi connectivity index (χ3v) is 4.70. The van der Waals surface area contributed by atoms with Crippen molar-refractivity contribution in [3.63, 3.8) is 0 Å². The standard InChI is InChI=1S/C19H28N4O/c1-3-23-18(10-12-21-23)19-16(7-5-13-24-19)14-20-11-9-17-8-4-6-15(2)22-17/h4,6,8,10,12,16,19-20H,3,5,7,9,11,13-14H2,1-2H3/t16-,19+/m0/s1. The minimum absolute atomic E-state index is 0.158. The van der Waals surface area contributed by atoms with Crippen LogP contribution in [0, 0.1) is 12.8 Å². The van der Waals surface area contributed by atoms with Crippen LogP contribution in [0.15, 0.2) is 30.5 Å². The van der Waals surface area contributed by atoms with Gasteiger partial charge in [0, 0.05) is 56.2 Å². The molecule has 0 bridgehead atoms. The summed E-state index contributed by atoms with van der Waals surface area (Å²) in [5, 5.41) is 8.00. The first-order valence-electron chi connectivity index (χ1n) is 9.04. The third-order valence-electron chi connectivity index (χ3n) is 4.70. The second-order valence-electron chi connectivity index (χ2n) is 6.49. The molecule has 2 aromatic heterocycles. The predicted molar refractivity (Wildman–Crippen MR) is 94.9 cm³/mol. The van der Waals surface area contributed by atoms with Gasteiger partial charge in [0.1, 0.15) is 6.10 Å². The average molecular weight is 328 g/mol. The maximum Gasteiger partial charge on any atom is 0.103 e. The topological polar surface area (TPSA) is 52.0 Å². The molecule has 3 heterocycles. The highest BCUT2D eigenvalue weighted by Gasteiger charge is 2.29. The summed E-state index contributed by atoms with van der Waals surface area (Å²) < 4.78 is 8.15. The summed E-state index contributed by atoms with van der Waals surface area (Å²) in [6.07, 6.45) is 5.35. The number of hydrogen-bond donors (Lipinski definition) is 1. The van der Waals surface area contributed by atoms with Gasteiger partial charge in [0.2, 0.25) is 0 Å². The van der Waals surface area contributed by atoms with Crippen molar-refractivity contribution < 1.29 is 4.74 Å². The fourth-order valence-corrected chi connectivity index (χ4v) is 3.47. The van der Waals surface area contributed by atoms with Crippen LogP contribution in [0.4, 0.5) is 0 Å². The largest absolute Gasteiger partial charge is 0.372 e. The third kappa shape index (κ3) is 4.22. The second-order valence-corrected chi connectivity index (χ2v) is 6.49. The number of nitrogens with one attached hydrogen (secondary N) is 1. The minimum Gasteiger partial charge on any atom is -0.372 e. The SMILES string of the molecule is CCn1nccc1[C@@H]1OCCC[C@H]1CNCCc1cccc(C)n1. The van der Waals surface area contributed by atoms with E-state index in [9.17, 15) is 0 Å². The fourth-order valence-electron chi connectivity index (χ4n) is 3.47. The molecule has 0 amide bonds. The lowest BCUT2D eigenvalue weighted by molar-refractivity contribution is -0.0325. The molecule has 0 aliphatic carbocycles. The Morgan fingerprint density at radius 3 is 3.08 bits per heavy atom. The lowest BCUT2D eigenvalue weighted by atomic mass is 9.92. The van der Waals surface area contributed by atoms with Crippen molar-refractivity contribution in [1.82, 2.24) is 20.1 Å². The van der Waals surface area contributed by atoms with Gasteiger partial charge in [-0.15, -0.1) is 0 Å². The highest BCUT2D eigenvalue weighted by molar-refractivity contribution is 5.10. The van der Waals surface area contributed by atoms with Gasteiger partial charge in [0.15, 0.2) is 0 Å². The molecule has 1 aliphatic rings. The number of aromatic nitrogens is 3. The summed E-state index contributed by atoms with van der Waals surface area (Å²) >= 11 is 0. The summed E-state index contributed by atoms with van der Waals surface area (Å²) in [7, 11) is 0. The Balaban J connectivity index is 1.53. The van der Waals surface area contributed by atoms with Crippen LogP contribution in [-0.2, 0) is 17.7 Å². The molecule has 0 saturated carbocycles. The van der Waals surface area contributed by atoms with Crippen LogP contribution in [0.25, 0.3) is 0 Å². The highest BCUT2D eigenvalue weighted by Crippen LogP contribution is 2.33. The zero-order valence-electron chi connectivity index (χ0n) is 14.7. The number of hydrogen-bond acceptors (Lipinski definition) is 4. The molecule has 1 fully saturated rings. The van der Waals surface area contributed by atoms with E-state index in [2.05, 4.69) is 45.2 Å². The van der Waals surface area contributed by atoms with Gasteiger partial charge in [-0.1, -0.05) is 6.07 Å². The van der Waals surface area contributed by atoms with E-state index in [-0.39, 0.29) is 6.10 Å². The molecule has 1 N–H and O–H groups in total.